The summed E-state index contributed by atoms with van der Waals surface area (Å²) in [5.74, 6) is -2.85. The summed E-state index contributed by atoms with van der Waals surface area (Å²) in [6.45, 7) is 0.818. The lowest BCUT2D eigenvalue weighted by molar-refractivity contribution is 0.0694. The van der Waals surface area contributed by atoms with E-state index in [9.17, 15) is 19.1 Å². The van der Waals surface area contributed by atoms with Crippen LogP contribution in [-0.2, 0) is 0 Å². The number of fused-ring (bicyclic) bond motifs is 2. The minimum absolute atomic E-state index is 0.0657. The van der Waals surface area contributed by atoms with Crippen LogP contribution in [-0.4, -0.2) is 40.4 Å². The molecule has 9 heteroatoms. The van der Waals surface area contributed by atoms with Crippen LogP contribution in [0.15, 0.2) is 29.2 Å². The Morgan fingerprint density at radius 1 is 1.28 bits per heavy atom. The second-order valence-corrected chi connectivity index (χ2v) is 9.67. The summed E-state index contributed by atoms with van der Waals surface area (Å²) in [5.41, 5.74) is 3.97. The first-order valence-electron chi connectivity index (χ1n) is 10.9. The van der Waals surface area contributed by atoms with Gasteiger partial charge in [-0.1, -0.05) is 12.2 Å². The van der Waals surface area contributed by atoms with Gasteiger partial charge in [-0.05, 0) is 30.7 Å². The molecule has 168 valence electrons. The van der Waals surface area contributed by atoms with E-state index in [2.05, 4.69) is 6.08 Å². The minimum Gasteiger partial charge on any atom is -0.477 e. The van der Waals surface area contributed by atoms with Gasteiger partial charge in [-0.15, -0.1) is 0 Å². The van der Waals surface area contributed by atoms with Crippen LogP contribution in [0.25, 0.3) is 10.9 Å². The van der Waals surface area contributed by atoms with Crippen LogP contribution in [0.3, 0.4) is 0 Å². The number of allylic oxidation sites excluding steroid dienone is 1. The predicted octanol–water partition coefficient (Wildman–Crippen LogP) is 2.99. The molecule has 1 aromatic carbocycles. The molecule has 3 N–H and O–H groups in total. The molecule has 32 heavy (non-hydrogen) atoms. The largest absolute Gasteiger partial charge is 0.477 e. The van der Waals surface area contributed by atoms with Gasteiger partial charge in [0.25, 0.3) is 0 Å². The van der Waals surface area contributed by atoms with Gasteiger partial charge >= 0.3 is 5.97 Å². The number of aromatic carboxylic acids is 1. The quantitative estimate of drug-likeness (QED) is 0.710. The highest BCUT2D eigenvalue weighted by molar-refractivity contribution is 5.94. The average molecular weight is 445 g/mol. The van der Waals surface area contributed by atoms with Crippen molar-refractivity contribution in [1.82, 2.24) is 4.57 Å². The van der Waals surface area contributed by atoms with Crippen LogP contribution >= 0.6 is 0 Å². The van der Waals surface area contributed by atoms with Crippen LogP contribution in [0, 0.1) is 29.4 Å². The summed E-state index contributed by atoms with van der Waals surface area (Å²) in [6.07, 6.45) is 5.71. The molecule has 1 saturated heterocycles. The topological polar surface area (TPSA) is 88.6 Å². The normalized spacial score (nSPS) is 34.9. The summed E-state index contributed by atoms with van der Waals surface area (Å²) in [4.78, 5) is 25.8. The third-order valence-corrected chi connectivity index (χ3v) is 7.94. The predicted molar refractivity (Wildman–Crippen MR) is 112 cm³/mol. The number of nitrogens with zero attached hydrogens (tertiary/aromatic N) is 2. The molecule has 5 aliphatic rings. The molecule has 4 aliphatic carbocycles. The third-order valence-electron chi connectivity index (χ3n) is 7.94. The van der Waals surface area contributed by atoms with Crippen molar-refractivity contribution in [2.75, 3.05) is 18.0 Å². The molecule has 0 amide bonds. The maximum Gasteiger partial charge on any atom is 0.341 e. The number of carbonyl (C=O) groups is 1. The van der Waals surface area contributed by atoms with Crippen molar-refractivity contribution in [3.05, 3.63) is 51.8 Å². The van der Waals surface area contributed by atoms with E-state index in [1.807, 2.05) is 6.08 Å². The Balaban J connectivity index is 1.52. The number of nitrogens with two attached hydrogens (primary N) is 1. The summed E-state index contributed by atoms with van der Waals surface area (Å²) < 4.78 is 46.2. The summed E-state index contributed by atoms with van der Waals surface area (Å²) in [5, 5.41) is 8.97. The molecule has 1 aliphatic heterocycles. The van der Waals surface area contributed by atoms with Crippen LogP contribution in [0.4, 0.5) is 18.9 Å². The zero-order valence-corrected chi connectivity index (χ0v) is 17.1. The summed E-state index contributed by atoms with van der Waals surface area (Å²) in [7, 11) is 0. The molecular weight excluding hydrogens is 423 g/mol. The standard InChI is InChI=1S/C23H22F3N3O3/c24-15-6-17(15)29-8-13(22(31)32)21(30)11-5-16(25)20(18(26)19(11)29)28-7-12-10-1-3-23(27,4-2-10)14(12)9-28/h1,3,5,8,10,12,14-15,17H,2,4,6-7,9,27H2,(H,31,32). The molecule has 6 nitrogen and oxygen atoms in total. The second-order valence-electron chi connectivity index (χ2n) is 9.67. The molecule has 2 aromatic rings. The van der Waals surface area contributed by atoms with Crippen molar-refractivity contribution in [3.8, 4) is 0 Å². The number of hydrogen-bond donors (Lipinski definition) is 2. The van der Waals surface area contributed by atoms with Crippen molar-refractivity contribution < 1.29 is 23.1 Å². The Labute approximate surface area is 181 Å². The maximum atomic E-state index is 15.9. The number of halogens is 3. The van der Waals surface area contributed by atoms with Gasteiger partial charge in [-0.2, -0.15) is 0 Å². The lowest BCUT2D eigenvalue weighted by Crippen LogP contribution is -2.55. The molecule has 0 radical (unpaired) electrons. The fourth-order valence-electron chi connectivity index (χ4n) is 6.15. The van der Waals surface area contributed by atoms with Gasteiger partial charge in [-0.25, -0.2) is 18.0 Å². The number of aromatic nitrogens is 1. The Morgan fingerprint density at radius 3 is 2.62 bits per heavy atom. The van der Waals surface area contributed by atoms with Gasteiger partial charge in [0, 0.05) is 37.2 Å². The van der Waals surface area contributed by atoms with Crippen LogP contribution in [0.1, 0.15) is 35.7 Å². The van der Waals surface area contributed by atoms with Crippen molar-refractivity contribution in [2.24, 2.45) is 23.5 Å². The summed E-state index contributed by atoms with van der Waals surface area (Å²) >= 11 is 0. The van der Waals surface area contributed by atoms with E-state index in [-0.39, 0.29) is 29.5 Å². The van der Waals surface area contributed by atoms with Crippen molar-refractivity contribution in [3.63, 3.8) is 0 Å². The Bertz CT molecular complexity index is 1270. The van der Waals surface area contributed by atoms with Crippen LogP contribution in [0.2, 0.25) is 0 Å². The number of alkyl halides is 1. The maximum absolute atomic E-state index is 15.9. The molecule has 6 atom stereocenters. The lowest BCUT2D eigenvalue weighted by Gasteiger charge is -2.47. The number of anilines is 1. The highest BCUT2D eigenvalue weighted by Crippen LogP contribution is 2.51. The van der Waals surface area contributed by atoms with E-state index < -0.39 is 51.7 Å². The van der Waals surface area contributed by atoms with Gasteiger partial charge in [0.05, 0.1) is 16.9 Å². The zero-order valence-electron chi connectivity index (χ0n) is 17.1. The van der Waals surface area contributed by atoms with Crippen LogP contribution in [0.5, 0.6) is 0 Å². The fraction of sp³-hybridized carbons (Fsp3) is 0.478. The van der Waals surface area contributed by atoms with Gasteiger partial charge in [0.15, 0.2) is 5.82 Å². The Hall–Kier alpha value is -2.81. The van der Waals surface area contributed by atoms with E-state index >= 15 is 8.78 Å². The molecule has 7 rings (SSSR count). The SMILES string of the molecule is NC12C=CC(CC1)C1CN(c3c(F)cc4c(=O)c(C(=O)O)cn(C5CC5F)c4c3F)CC12. The van der Waals surface area contributed by atoms with Crippen molar-refractivity contribution in [2.45, 2.75) is 37.0 Å². The van der Waals surface area contributed by atoms with E-state index in [1.54, 1.807) is 4.90 Å². The fourth-order valence-corrected chi connectivity index (χ4v) is 6.15. The molecule has 2 bridgehead atoms. The number of carboxylic acid groups (broad SMARTS) is 1. The van der Waals surface area contributed by atoms with Crippen LogP contribution < -0.4 is 16.1 Å². The highest BCUT2D eigenvalue weighted by atomic mass is 19.1. The Kier molecular flexibility index (Phi) is 3.95. The smallest absolute Gasteiger partial charge is 0.341 e. The molecule has 0 spiro atoms. The number of rotatable bonds is 3. The van der Waals surface area contributed by atoms with Gasteiger partial charge in [-0.3, -0.25) is 4.79 Å². The molecule has 2 saturated carbocycles. The number of carboxylic acids is 1. The Morgan fingerprint density at radius 2 is 2.03 bits per heavy atom. The van der Waals surface area contributed by atoms with E-state index in [0.29, 0.717) is 19.0 Å². The van der Waals surface area contributed by atoms with Crippen molar-refractivity contribution >= 4 is 22.6 Å². The molecule has 3 fully saturated rings. The van der Waals surface area contributed by atoms with Gasteiger partial charge in [0.2, 0.25) is 5.43 Å². The van der Waals surface area contributed by atoms with E-state index in [1.165, 1.54) is 0 Å². The monoisotopic (exact) mass is 445 g/mol. The van der Waals surface area contributed by atoms with Crippen molar-refractivity contribution in [1.29, 1.82) is 0 Å². The first-order valence-corrected chi connectivity index (χ1v) is 10.9. The summed E-state index contributed by atoms with van der Waals surface area (Å²) in [6, 6.07) is 0.110. The number of pyridine rings is 1. The average Bonchev–Trinajstić information content (AvgIpc) is 3.28. The van der Waals surface area contributed by atoms with Gasteiger partial charge in [0.1, 0.15) is 23.2 Å². The highest BCUT2D eigenvalue weighted by Gasteiger charge is 2.53. The molecule has 6 unspecified atom stereocenters. The van der Waals surface area contributed by atoms with E-state index in [0.717, 1.165) is 29.7 Å². The minimum atomic E-state index is -1.52. The second kappa shape index (κ2) is 6.37. The zero-order chi connectivity index (χ0) is 22.5. The first kappa shape index (κ1) is 19.8. The number of benzene rings is 1. The molecular formula is C23H22F3N3O3. The first-order chi connectivity index (χ1) is 15.2. The lowest BCUT2D eigenvalue weighted by atomic mass is 9.60. The van der Waals surface area contributed by atoms with Gasteiger partial charge < -0.3 is 20.3 Å². The molecule has 2 heterocycles. The van der Waals surface area contributed by atoms with E-state index in [4.69, 9.17) is 5.73 Å². The number of hydrogen-bond acceptors (Lipinski definition) is 4. The molecule has 1 aromatic heterocycles. The third kappa shape index (κ3) is 2.57.